The van der Waals surface area contributed by atoms with Gasteiger partial charge in [0.2, 0.25) is 5.89 Å². The topological polar surface area (TPSA) is 69.4 Å². The van der Waals surface area contributed by atoms with Gasteiger partial charge in [-0.05, 0) is 43.1 Å². The third kappa shape index (κ3) is 4.16. The van der Waals surface area contributed by atoms with Crippen LogP contribution in [0.25, 0.3) is 11.1 Å². The Balaban J connectivity index is 1.89. The van der Waals surface area contributed by atoms with E-state index in [9.17, 15) is 8.42 Å². The molecular weight excluding hydrogens is 426 g/mol. The van der Waals surface area contributed by atoms with E-state index in [4.69, 9.17) is 20.4 Å². The maximum absolute atomic E-state index is 13.4. The summed E-state index contributed by atoms with van der Waals surface area (Å²) in [5, 5.41) is -0.235. The van der Waals surface area contributed by atoms with Crippen molar-refractivity contribution in [3.8, 4) is 0 Å². The number of rotatable bonds is 4. The number of hydrogen-bond donors (Lipinski definition) is 0. The Morgan fingerprint density at radius 2 is 1.72 bits per heavy atom. The van der Waals surface area contributed by atoms with Crippen LogP contribution in [0.3, 0.4) is 0 Å². The maximum atomic E-state index is 13.4. The fourth-order valence-corrected chi connectivity index (χ4v) is 7.02. The van der Waals surface area contributed by atoms with Crippen LogP contribution in [0, 0.1) is 0 Å². The van der Waals surface area contributed by atoms with Crippen LogP contribution in [-0.4, -0.2) is 33.1 Å². The zero-order valence-corrected chi connectivity index (χ0v) is 21.2. The van der Waals surface area contributed by atoms with E-state index in [0.717, 1.165) is 0 Å². The number of halogens is 1. The minimum Gasteiger partial charge on any atom is -0.439 e. The molecule has 162 valence electrons. The second kappa shape index (κ2) is 7.07. The molecule has 1 aliphatic carbocycles. The number of aromatic nitrogens is 1. The van der Waals surface area contributed by atoms with Gasteiger partial charge in [-0.3, -0.25) is 0 Å². The van der Waals surface area contributed by atoms with Crippen molar-refractivity contribution in [1.82, 2.24) is 4.98 Å². The van der Waals surface area contributed by atoms with Crippen LogP contribution >= 0.6 is 11.6 Å². The van der Waals surface area contributed by atoms with E-state index >= 15 is 0 Å². The molecule has 1 fully saturated rings. The van der Waals surface area contributed by atoms with Gasteiger partial charge in [-0.1, -0.05) is 53.1 Å². The molecule has 29 heavy (non-hydrogen) atoms. The van der Waals surface area contributed by atoms with Gasteiger partial charge in [-0.2, -0.15) is 0 Å². The van der Waals surface area contributed by atoms with Crippen LogP contribution in [0.4, 0.5) is 0 Å². The second-order valence-electron chi connectivity index (χ2n) is 10.6. The monoisotopic (exact) mass is 457 g/mol. The molecular formula is C21H32ClNO4SSi. The average Bonchev–Trinajstić information content (AvgIpc) is 2.92. The number of hydrogen-bond acceptors (Lipinski definition) is 5. The molecule has 0 amide bonds. The van der Waals surface area contributed by atoms with Gasteiger partial charge in [0.15, 0.2) is 23.7 Å². The summed E-state index contributed by atoms with van der Waals surface area (Å²) < 4.78 is 39.1. The highest BCUT2D eigenvalue weighted by Gasteiger charge is 2.47. The van der Waals surface area contributed by atoms with Crippen LogP contribution in [0.2, 0.25) is 23.2 Å². The number of sulfone groups is 1. The summed E-state index contributed by atoms with van der Waals surface area (Å²) in [5.41, 5.74) is 0.452. The molecule has 0 aliphatic heterocycles. The molecule has 1 aliphatic rings. The minimum absolute atomic E-state index is 0.0199. The van der Waals surface area contributed by atoms with Crippen molar-refractivity contribution in [3.05, 3.63) is 23.0 Å². The van der Waals surface area contributed by atoms with Gasteiger partial charge in [-0.15, -0.1) is 0 Å². The van der Waals surface area contributed by atoms with E-state index in [1.807, 2.05) is 20.8 Å². The summed E-state index contributed by atoms with van der Waals surface area (Å²) in [6, 6.07) is 3.30. The Morgan fingerprint density at radius 3 is 2.24 bits per heavy atom. The molecule has 8 heteroatoms. The van der Waals surface area contributed by atoms with Gasteiger partial charge < -0.3 is 8.84 Å². The summed E-state index contributed by atoms with van der Waals surface area (Å²) in [4.78, 5) is 4.55. The maximum Gasteiger partial charge on any atom is 0.200 e. The van der Waals surface area contributed by atoms with Gasteiger partial charge in [0, 0.05) is 11.5 Å². The predicted octanol–water partition coefficient (Wildman–Crippen LogP) is 6.11. The van der Waals surface area contributed by atoms with Crippen LogP contribution in [-0.2, 0) is 19.7 Å². The Labute approximate surface area is 180 Å². The van der Waals surface area contributed by atoms with Crippen molar-refractivity contribution in [1.29, 1.82) is 0 Å². The normalized spacial score (nSPS) is 21.4. The first kappa shape index (κ1) is 22.8. The third-order valence-electron chi connectivity index (χ3n) is 6.15. The Bertz CT molecular complexity index is 1030. The molecule has 2 aromatic rings. The Morgan fingerprint density at radius 1 is 1.14 bits per heavy atom. The lowest BCUT2D eigenvalue weighted by molar-refractivity contribution is 0.107. The number of fused-ring (bicyclic) bond motifs is 1. The Kier molecular flexibility index (Phi) is 5.56. The van der Waals surface area contributed by atoms with E-state index < -0.39 is 23.4 Å². The molecule has 3 rings (SSSR count). The highest BCUT2D eigenvalue weighted by Crippen LogP contribution is 2.44. The summed E-state index contributed by atoms with van der Waals surface area (Å²) in [7, 11) is -5.57. The van der Waals surface area contributed by atoms with E-state index in [1.165, 1.54) is 0 Å². The average molecular weight is 458 g/mol. The molecule has 0 bridgehead atoms. The van der Waals surface area contributed by atoms with Gasteiger partial charge in [0.1, 0.15) is 10.4 Å². The molecule has 1 heterocycles. The lowest BCUT2D eigenvalue weighted by Gasteiger charge is -2.44. The van der Waals surface area contributed by atoms with Crippen LogP contribution in [0.5, 0.6) is 0 Å². The molecule has 5 nitrogen and oxygen atoms in total. The van der Waals surface area contributed by atoms with Crippen molar-refractivity contribution < 1.29 is 17.3 Å². The zero-order valence-electron chi connectivity index (χ0n) is 18.6. The largest absolute Gasteiger partial charge is 0.439 e. The fraction of sp³-hybridized carbons (Fsp3) is 0.667. The molecule has 0 unspecified atom stereocenters. The number of nitrogens with zero attached hydrogens (tertiary/aromatic N) is 1. The zero-order chi connectivity index (χ0) is 22.0. The SMILES string of the molecule is CC(C)(C)c1nc2ccc(Cl)c(S(=O)(=O)[C@H]3C[C@@H](O[Si](C)(C)C(C)(C)C)C3)c2o1. The lowest BCUT2D eigenvalue weighted by Crippen LogP contribution is -2.50. The molecule has 0 saturated heterocycles. The standard InChI is InChI=1S/C21H32ClNO4SSi/c1-20(2,3)19-23-16-10-9-15(22)18(17(16)26-19)28(24,25)14-11-13(12-14)27-29(7,8)21(4,5)6/h9-10,13-14H,11-12H2,1-8H3/t13-,14+. The van der Waals surface area contributed by atoms with Crippen molar-refractivity contribution in [2.75, 3.05) is 0 Å². The number of oxazole rings is 1. The first-order chi connectivity index (χ1) is 13.0. The summed E-state index contributed by atoms with van der Waals surface area (Å²) in [6.07, 6.45) is 0.956. The molecule has 0 spiro atoms. The van der Waals surface area contributed by atoms with E-state index in [1.54, 1.807) is 12.1 Å². The molecule has 0 atom stereocenters. The summed E-state index contributed by atoms with van der Waals surface area (Å²) in [6.45, 7) is 16.9. The molecule has 0 radical (unpaired) electrons. The highest BCUT2D eigenvalue weighted by atomic mass is 35.5. The third-order valence-corrected chi connectivity index (χ3v) is 13.3. The van der Waals surface area contributed by atoms with E-state index in [0.29, 0.717) is 24.2 Å². The molecule has 1 saturated carbocycles. The first-order valence-corrected chi connectivity index (χ1v) is 14.9. The quantitative estimate of drug-likeness (QED) is 0.518. The Hall–Kier alpha value is -0.893. The van der Waals surface area contributed by atoms with Crippen molar-refractivity contribution in [3.63, 3.8) is 0 Å². The van der Waals surface area contributed by atoms with Gasteiger partial charge in [-0.25, -0.2) is 13.4 Å². The smallest absolute Gasteiger partial charge is 0.200 e. The van der Waals surface area contributed by atoms with E-state index in [2.05, 4.69) is 38.8 Å². The molecule has 1 aromatic carbocycles. The fourth-order valence-electron chi connectivity index (χ4n) is 3.16. The van der Waals surface area contributed by atoms with Crippen molar-refractivity contribution in [2.24, 2.45) is 0 Å². The van der Waals surface area contributed by atoms with Crippen LogP contribution in [0.1, 0.15) is 60.3 Å². The number of benzene rings is 1. The molecule has 1 aromatic heterocycles. The molecule has 0 N–H and O–H groups in total. The summed E-state index contributed by atoms with van der Waals surface area (Å²) in [5.74, 6) is 0.499. The lowest BCUT2D eigenvalue weighted by atomic mass is 9.96. The van der Waals surface area contributed by atoms with Crippen LogP contribution in [0.15, 0.2) is 21.4 Å². The highest BCUT2D eigenvalue weighted by molar-refractivity contribution is 7.92. The van der Waals surface area contributed by atoms with Crippen molar-refractivity contribution in [2.45, 2.75) is 94.2 Å². The van der Waals surface area contributed by atoms with Gasteiger partial charge in [0.25, 0.3) is 0 Å². The first-order valence-electron chi connectivity index (χ1n) is 10.1. The second-order valence-corrected chi connectivity index (χ2v) is 18.0. The van der Waals surface area contributed by atoms with Crippen LogP contribution < -0.4 is 0 Å². The van der Waals surface area contributed by atoms with E-state index in [-0.39, 0.29) is 32.1 Å². The van der Waals surface area contributed by atoms with Gasteiger partial charge >= 0.3 is 0 Å². The minimum atomic E-state index is -3.65. The van der Waals surface area contributed by atoms with Crippen molar-refractivity contribution >= 4 is 40.9 Å². The summed E-state index contributed by atoms with van der Waals surface area (Å²) >= 11 is 6.35. The predicted molar refractivity (Wildman–Crippen MR) is 120 cm³/mol. The van der Waals surface area contributed by atoms with Gasteiger partial charge in [0.05, 0.1) is 10.3 Å².